The van der Waals surface area contributed by atoms with E-state index in [-0.39, 0.29) is 5.82 Å². The second-order valence-electron chi connectivity index (χ2n) is 6.60. The second kappa shape index (κ2) is 5.56. The van der Waals surface area contributed by atoms with Gasteiger partial charge in [-0.3, -0.25) is 0 Å². The average molecular weight is 324 g/mol. The van der Waals surface area contributed by atoms with E-state index in [9.17, 15) is 4.79 Å². The molecule has 0 fully saturated rings. The van der Waals surface area contributed by atoms with Gasteiger partial charge in [-0.2, -0.15) is 4.68 Å². The maximum atomic E-state index is 12.4. The molecule has 24 heavy (non-hydrogen) atoms. The number of fused-ring (bicyclic) bond motifs is 1. The molecule has 3 aromatic rings. The van der Waals surface area contributed by atoms with Crippen LogP contribution in [-0.2, 0) is 4.74 Å². The third-order valence-electron chi connectivity index (χ3n) is 3.52. The first-order chi connectivity index (χ1) is 11.3. The van der Waals surface area contributed by atoms with Crippen molar-refractivity contribution in [1.82, 2.24) is 9.78 Å². The lowest BCUT2D eigenvalue weighted by Crippen LogP contribution is -2.27. The van der Waals surface area contributed by atoms with Crippen LogP contribution in [0.25, 0.3) is 22.0 Å². The highest BCUT2D eigenvalue weighted by Crippen LogP contribution is 2.33. The minimum atomic E-state index is -0.612. The third-order valence-corrected chi connectivity index (χ3v) is 3.52. The largest absolute Gasteiger partial charge is 0.442 e. The van der Waals surface area contributed by atoms with Crippen molar-refractivity contribution in [3.05, 3.63) is 42.5 Å². The Labute approximate surface area is 140 Å². The van der Waals surface area contributed by atoms with E-state index in [1.54, 1.807) is 26.8 Å². The summed E-state index contributed by atoms with van der Waals surface area (Å²) in [6.45, 7) is 5.42. The highest BCUT2D eigenvalue weighted by molar-refractivity contribution is 6.04. The lowest BCUT2D eigenvalue weighted by Gasteiger charge is -2.19. The van der Waals surface area contributed by atoms with Gasteiger partial charge in [-0.1, -0.05) is 24.3 Å². The number of rotatable bonds is 1. The Kier molecular flexibility index (Phi) is 3.67. The highest BCUT2D eigenvalue weighted by atomic mass is 16.6. The topological polar surface area (TPSA) is 96.2 Å². The zero-order chi connectivity index (χ0) is 17.5. The molecule has 6 heteroatoms. The predicted molar refractivity (Wildman–Crippen MR) is 95.6 cm³/mol. The van der Waals surface area contributed by atoms with Gasteiger partial charge >= 0.3 is 6.09 Å². The summed E-state index contributed by atoms with van der Waals surface area (Å²) in [7, 11) is 0. The molecule has 0 saturated heterocycles. The number of anilines is 2. The Bertz CT molecular complexity index is 905. The van der Waals surface area contributed by atoms with Gasteiger partial charge in [0.1, 0.15) is 5.60 Å². The SMILES string of the molecule is CC(C)(C)OC(=O)n1nc(N)c2c(-c3ccc(N)cc3)cccc21. The minimum Gasteiger partial charge on any atom is -0.442 e. The molecule has 1 aromatic heterocycles. The summed E-state index contributed by atoms with van der Waals surface area (Å²) >= 11 is 0. The number of aromatic nitrogens is 2. The first kappa shape index (κ1) is 15.9. The van der Waals surface area contributed by atoms with Crippen molar-refractivity contribution in [2.75, 3.05) is 11.5 Å². The summed E-state index contributed by atoms with van der Waals surface area (Å²) in [5.41, 5.74) is 14.3. The Balaban J connectivity index is 2.15. The molecule has 1 heterocycles. The zero-order valence-electron chi connectivity index (χ0n) is 13.9. The fraction of sp³-hybridized carbons (Fsp3) is 0.222. The Morgan fingerprint density at radius 1 is 1.08 bits per heavy atom. The Morgan fingerprint density at radius 2 is 1.75 bits per heavy atom. The van der Waals surface area contributed by atoms with Gasteiger partial charge in [0, 0.05) is 5.69 Å². The number of carbonyl (C=O) groups excluding carboxylic acids is 1. The summed E-state index contributed by atoms with van der Waals surface area (Å²) in [6.07, 6.45) is -0.557. The number of nitrogen functional groups attached to an aromatic ring is 2. The van der Waals surface area contributed by atoms with Crippen LogP contribution in [0.15, 0.2) is 42.5 Å². The molecule has 6 nitrogen and oxygen atoms in total. The van der Waals surface area contributed by atoms with E-state index < -0.39 is 11.7 Å². The monoisotopic (exact) mass is 324 g/mol. The maximum absolute atomic E-state index is 12.4. The molecule has 0 saturated carbocycles. The molecule has 2 aromatic carbocycles. The van der Waals surface area contributed by atoms with Crippen LogP contribution in [0.5, 0.6) is 0 Å². The molecule has 0 aliphatic rings. The van der Waals surface area contributed by atoms with Gasteiger partial charge in [0.15, 0.2) is 5.82 Å². The summed E-state index contributed by atoms with van der Waals surface area (Å²) < 4.78 is 6.60. The lowest BCUT2D eigenvalue weighted by molar-refractivity contribution is 0.0523. The number of hydrogen-bond acceptors (Lipinski definition) is 5. The average Bonchev–Trinajstić information content (AvgIpc) is 2.84. The van der Waals surface area contributed by atoms with Gasteiger partial charge in [0.05, 0.1) is 10.9 Å². The predicted octanol–water partition coefficient (Wildman–Crippen LogP) is 3.65. The number of carbonyl (C=O) groups is 1. The van der Waals surface area contributed by atoms with Crippen molar-refractivity contribution >= 4 is 28.5 Å². The molecule has 0 aliphatic carbocycles. The quantitative estimate of drug-likeness (QED) is 0.666. The van der Waals surface area contributed by atoms with Crippen molar-refractivity contribution in [3.8, 4) is 11.1 Å². The van der Waals surface area contributed by atoms with Gasteiger partial charge in [0.25, 0.3) is 0 Å². The van der Waals surface area contributed by atoms with Crippen LogP contribution in [-0.4, -0.2) is 21.5 Å². The molecule has 3 rings (SSSR count). The smallest absolute Gasteiger partial charge is 0.435 e. The fourth-order valence-electron chi connectivity index (χ4n) is 2.55. The molecular formula is C18H20N4O2. The van der Waals surface area contributed by atoms with Gasteiger partial charge in [-0.15, -0.1) is 5.10 Å². The first-order valence-electron chi connectivity index (χ1n) is 7.63. The number of nitrogens with zero attached hydrogens (tertiary/aromatic N) is 2. The van der Waals surface area contributed by atoms with E-state index in [4.69, 9.17) is 16.2 Å². The van der Waals surface area contributed by atoms with Gasteiger partial charge in [-0.25, -0.2) is 4.79 Å². The number of nitrogens with two attached hydrogens (primary N) is 2. The molecule has 0 bridgehead atoms. The molecule has 0 spiro atoms. The van der Waals surface area contributed by atoms with E-state index in [1.807, 2.05) is 36.4 Å². The van der Waals surface area contributed by atoms with Crippen LogP contribution < -0.4 is 11.5 Å². The fourth-order valence-corrected chi connectivity index (χ4v) is 2.55. The van der Waals surface area contributed by atoms with Crippen LogP contribution in [0.3, 0.4) is 0 Å². The van der Waals surface area contributed by atoms with Crippen molar-refractivity contribution < 1.29 is 9.53 Å². The molecule has 0 atom stereocenters. The van der Waals surface area contributed by atoms with Gasteiger partial charge in [0.2, 0.25) is 0 Å². The maximum Gasteiger partial charge on any atom is 0.435 e. The first-order valence-corrected chi connectivity index (χ1v) is 7.63. The molecule has 0 unspecified atom stereocenters. The van der Waals surface area contributed by atoms with E-state index in [1.165, 1.54) is 4.68 Å². The number of benzene rings is 2. The van der Waals surface area contributed by atoms with Gasteiger partial charge < -0.3 is 16.2 Å². The van der Waals surface area contributed by atoms with Crippen molar-refractivity contribution in [1.29, 1.82) is 0 Å². The summed E-state index contributed by atoms with van der Waals surface area (Å²) in [6, 6.07) is 13.1. The Hall–Kier alpha value is -3.02. The van der Waals surface area contributed by atoms with E-state index in [2.05, 4.69) is 5.10 Å². The third kappa shape index (κ3) is 2.90. The lowest BCUT2D eigenvalue weighted by atomic mass is 10.0. The molecular weight excluding hydrogens is 304 g/mol. The molecule has 0 radical (unpaired) electrons. The van der Waals surface area contributed by atoms with Crippen LogP contribution in [0.4, 0.5) is 16.3 Å². The van der Waals surface area contributed by atoms with Crippen LogP contribution in [0, 0.1) is 0 Å². The standard InChI is InChI=1S/C18H20N4O2/c1-18(2,3)24-17(23)22-14-6-4-5-13(15(14)16(20)21-22)11-7-9-12(19)10-8-11/h4-10H,19H2,1-3H3,(H2,20,21). The normalized spacial score (nSPS) is 11.6. The number of ether oxygens (including phenoxy) is 1. The van der Waals surface area contributed by atoms with Crippen LogP contribution >= 0.6 is 0 Å². The summed E-state index contributed by atoms with van der Waals surface area (Å²) in [4.78, 5) is 12.4. The second-order valence-corrected chi connectivity index (χ2v) is 6.60. The van der Waals surface area contributed by atoms with Crippen molar-refractivity contribution in [2.24, 2.45) is 0 Å². The van der Waals surface area contributed by atoms with E-state index in [0.29, 0.717) is 16.6 Å². The molecule has 4 N–H and O–H groups in total. The summed E-state index contributed by atoms with van der Waals surface area (Å²) in [5, 5.41) is 4.89. The van der Waals surface area contributed by atoms with Gasteiger partial charge in [-0.05, 0) is 50.1 Å². The number of hydrogen-bond donors (Lipinski definition) is 2. The zero-order valence-corrected chi connectivity index (χ0v) is 13.9. The molecule has 0 aliphatic heterocycles. The van der Waals surface area contributed by atoms with Crippen LogP contribution in [0.1, 0.15) is 20.8 Å². The summed E-state index contributed by atoms with van der Waals surface area (Å²) in [5.74, 6) is 0.281. The Morgan fingerprint density at radius 3 is 2.38 bits per heavy atom. The van der Waals surface area contributed by atoms with Crippen molar-refractivity contribution in [2.45, 2.75) is 26.4 Å². The van der Waals surface area contributed by atoms with Crippen molar-refractivity contribution in [3.63, 3.8) is 0 Å². The minimum absolute atomic E-state index is 0.281. The van der Waals surface area contributed by atoms with Crippen LogP contribution in [0.2, 0.25) is 0 Å². The van der Waals surface area contributed by atoms with E-state index >= 15 is 0 Å². The van der Waals surface area contributed by atoms with E-state index in [0.717, 1.165) is 11.1 Å². The molecule has 0 amide bonds. The highest BCUT2D eigenvalue weighted by Gasteiger charge is 2.22. The molecule has 124 valence electrons.